The summed E-state index contributed by atoms with van der Waals surface area (Å²) in [5.74, 6) is -2.79. The van der Waals surface area contributed by atoms with E-state index in [0.717, 1.165) is 21.9 Å². The lowest BCUT2D eigenvalue weighted by Gasteiger charge is -2.13. The number of rotatable bonds is 5. The van der Waals surface area contributed by atoms with E-state index in [9.17, 15) is 32.4 Å². The number of carbonyl (C=O) groups excluding carboxylic acids is 5. The zero-order valence-electron chi connectivity index (χ0n) is 18.6. The van der Waals surface area contributed by atoms with Crippen LogP contribution in [0.15, 0.2) is 65.6 Å². The van der Waals surface area contributed by atoms with E-state index < -0.39 is 44.4 Å². The summed E-state index contributed by atoms with van der Waals surface area (Å²) >= 11 is 0. The summed E-state index contributed by atoms with van der Waals surface area (Å²) < 4.78 is 31.6. The minimum absolute atomic E-state index is 0.0192. The largest absolute Gasteiger partial charge is 0.294 e. The summed E-state index contributed by atoms with van der Waals surface area (Å²) in [4.78, 5) is 65.4. The minimum Gasteiger partial charge on any atom is -0.289 e. The van der Waals surface area contributed by atoms with Crippen LogP contribution in [0.1, 0.15) is 64.3 Å². The molecule has 0 aromatic heterocycles. The summed E-state index contributed by atoms with van der Waals surface area (Å²) in [5, 5.41) is 0. The second-order valence-corrected chi connectivity index (χ2v) is 9.54. The van der Waals surface area contributed by atoms with E-state index in [2.05, 4.69) is 0 Å². The average Bonchev–Trinajstić information content (AvgIpc) is 3.26. The van der Waals surface area contributed by atoms with E-state index in [4.69, 9.17) is 4.55 Å². The Balaban J connectivity index is 1.46. The fourth-order valence-electron chi connectivity index (χ4n) is 4.27. The van der Waals surface area contributed by atoms with Gasteiger partial charge in [-0.3, -0.25) is 33.4 Å². The second kappa shape index (κ2) is 8.04. The van der Waals surface area contributed by atoms with Crippen LogP contribution >= 0.6 is 0 Å². The zero-order valence-corrected chi connectivity index (χ0v) is 19.4. The molecule has 0 unspecified atom stereocenters. The van der Waals surface area contributed by atoms with Crippen molar-refractivity contribution in [2.24, 2.45) is 0 Å². The van der Waals surface area contributed by atoms with Crippen LogP contribution in [0.5, 0.6) is 0 Å². The number of carbonyl (C=O) groups is 5. The van der Waals surface area contributed by atoms with Crippen LogP contribution in [0.4, 0.5) is 5.69 Å². The molecule has 0 saturated heterocycles. The molecule has 0 fully saturated rings. The number of amides is 4. The molecule has 11 heteroatoms. The molecule has 3 aromatic carbocycles. The molecule has 180 valence electrons. The smallest absolute Gasteiger partial charge is 0.289 e. The second-order valence-electron chi connectivity index (χ2n) is 8.12. The van der Waals surface area contributed by atoms with Crippen LogP contribution in [0.25, 0.3) is 0 Å². The number of nitrogens with zero attached hydrogens (tertiary/aromatic N) is 2. The number of anilines is 1. The highest BCUT2D eigenvalue weighted by molar-refractivity contribution is 7.85. The van der Waals surface area contributed by atoms with Crippen molar-refractivity contribution in [2.45, 2.75) is 11.8 Å². The highest BCUT2D eigenvalue weighted by Gasteiger charge is 2.38. The highest BCUT2D eigenvalue weighted by Crippen LogP contribution is 2.31. The summed E-state index contributed by atoms with van der Waals surface area (Å²) in [5.41, 5.74) is 0.704. The van der Waals surface area contributed by atoms with Crippen molar-refractivity contribution in [1.29, 1.82) is 0 Å². The normalized spacial score (nSPS) is 14.9. The van der Waals surface area contributed by atoms with Crippen LogP contribution in [-0.4, -0.2) is 53.8 Å². The molecule has 0 saturated carbocycles. The lowest BCUT2D eigenvalue weighted by molar-refractivity contribution is 0.0661. The van der Waals surface area contributed by atoms with Crippen LogP contribution in [-0.2, 0) is 10.1 Å². The fraction of sp³-hybridized carbons (Fsp3) is 0.0800. The number of fused-ring (bicyclic) bond motifs is 2. The topological polar surface area (TPSA) is 146 Å². The van der Waals surface area contributed by atoms with Crippen molar-refractivity contribution in [3.63, 3.8) is 0 Å². The van der Waals surface area contributed by atoms with E-state index in [1.165, 1.54) is 48.5 Å². The molecule has 0 atom stereocenters. The predicted molar refractivity (Wildman–Crippen MR) is 125 cm³/mol. The summed E-state index contributed by atoms with van der Waals surface area (Å²) in [6.07, 6.45) is 0. The van der Waals surface area contributed by atoms with E-state index in [1.807, 2.05) is 0 Å². The third kappa shape index (κ3) is 3.44. The average molecular weight is 504 g/mol. The van der Waals surface area contributed by atoms with Gasteiger partial charge in [0.25, 0.3) is 33.7 Å². The molecule has 0 bridgehead atoms. The van der Waals surface area contributed by atoms with Gasteiger partial charge in [0.05, 0.1) is 32.8 Å². The molecule has 0 spiro atoms. The first-order valence-corrected chi connectivity index (χ1v) is 12.1. The van der Waals surface area contributed by atoms with Gasteiger partial charge in [-0.2, -0.15) is 8.42 Å². The molecule has 10 nitrogen and oxygen atoms in total. The molecule has 5 rings (SSSR count). The predicted octanol–water partition coefficient (Wildman–Crippen LogP) is 2.58. The van der Waals surface area contributed by atoms with E-state index in [1.54, 1.807) is 6.92 Å². The Bertz CT molecular complexity index is 1640. The van der Waals surface area contributed by atoms with Crippen molar-refractivity contribution < 1.29 is 36.9 Å². The summed E-state index contributed by atoms with van der Waals surface area (Å²) in [7, 11) is -4.45. The molecule has 1 N–H and O–H groups in total. The van der Waals surface area contributed by atoms with Gasteiger partial charge in [-0.1, -0.05) is 12.1 Å². The van der Waals surface area contributed by atoms with Crippen molar-refractivity contribution in [2.75, 3.05) is 11.4 Å². The van der Waals surface area contributed by atoms with E-state index in [0.29, 0.717) is 0 Å². The van der Waals surface area contributed by atoms with Gasteiger partial charge in [-0.05, 0) is 55.5 Å². The highest BCUT2D eigenvalue weighted by atomic mass is 32.2. The maximum atomic E-state index is 13.2. The van der Waals surface area contributed by atoms with Crippen molar-refractivity contribution in [3.8, 4) is 0 Å². The number of imide groups is 2. The van der Waals surface area contributed by atoms with E-state index >= 15 is 0 Å². The molecular formula is C25H16N2O8S. The fourth-order valence-corrected chi connectivity index (χ4v) is 4.75. The number of ketones is 1. The van der Waals surface area contributed by atoms with Crippen molar-refractivity contribution in [1.82, 2.24) is 4.90 Å². The molecule has 3 aromatic rings. The molecule has 2 aliphatic heterocycles. The van der Waals surface area contributed by atoms with Crippen LogP contribution in [0.3, 0.4) is 0 Å². The van der Waals surface area contributed by atoms with Gasteiger partial charge in [-0.25, -0.2) is 4.90 Å². The minimum atomic E-state index is -4.45. The molecule has 4 amide bonds. The Kier molecular flexibility index (Phi) is 5.20. The van der Waals surface area contributed by atoms with Gasteiger partial charge in [-0.15, -0.1) is 0 Å². The summed E-state index contributed by atoms with van der Waals surface area (Å²) in [6.45, 7) is 1.87. The molecular weight excluding hydrogens is 488 g/mol. The lowest BCUT2D eigenvalue weighted by atomic mass is 9.96. The SMILES string of the molecule is CCN1C(=O)c2ccc(C(=O)c3ccc4c(c3)C(=O)N(c3ccc(S(=O)(=O)O)cc3)C4=O)cc2C1=O. The monoisotopic (exact) mass is 504 g/mol. The third-order valence-corrected chi connectivity index (χ3v) is 6.96. The Morgan fingerprint density at radius 3 is 1.72 bits per heavy atom. The van der Waals surface area contributed by atoms with Crippen LogP contribution in [0, 0.1) is 0 Å². The summed E-state index contributed by atoms with van der Waals surface area (Å²) in [6, 6.07) is 12.7. The van der Waals surface area contributed by atoms with Crippen molar-refractivity contribution in [3.05, 3.63) is 94.0 Å². The van der Waals surface area contributed by atoms with Crippen LogP contribution in [0.2, 0.25) is 0 Å². The molecule has 2 aliphatic rings. The van der Waals surface area contributed by atoms with Gasteiger partial charge in [0.15, 0.2) is 5.78 Å². The lowest BCUT2D eigenvalue weighted by Crippen LogP contribution is -2.29. The zero-order chi connectivity index (χ0) is 25.9. The van der Waals surface area contributed by atoms with Gasteiger partial charge >= 0.3 is 0 Å². The quantitative estimate of drug-likeness (QED) is 0.317. The maximum absolute atomic E-state index is 13.2. The Morgan fingerprint density at radius 2 is 1.19 bits per heavy atom. The Hall–Kier alpha value is -4.48. The van der Waals surface area contributed by atoms with E-state index in [-0.39, 0.29) is 45.6 Å². The van der Waals surface area contributed by atoms with Gasteiger partial charge in [0, 0.05) is 17.7 Å². The molecule has 36 heavy (non-hydrogen) atoms. The number of benzene rings is 3. The van der Waals surface area contributed by atoms with Gasteiger partial charge < -0.3 is 0 Å². The molecule has 2 heterocycles. The number of hydrogen-bond acceptors (Lipinski definition) is 7. The van der Waals surface area contributed by atoms with Crippen molar-refractivity contribution >= 4 is 45.2 Å². The van der Waals surface area contributed by atoms with Crippen LogP contribution < -0.4 is 4.90 Å². The molecule has 0 aliphatic carbocycles. The number of hydrogen-bond donors (Lipinski definition) is 1. The molecule has 0 radical (unpaired) electrons. The maximum Gasteiger partial charge on any atom is 0.294 e. The van der Waals surface area contributed by atoms with Gasteiger partial charge in [0.2, 0.25) is 0 Å². The first-order chi connectivity index (χ1) is 17.0. The Morgan fingerprint density at radius 1 is 0.722 bits per heavy atom. The first kappa shape index (κ1) is 23.3. The standard InChI is InChI=1S/C25H16N2O8S/c1-2-26-22(29)17-9-3-13(11-19(17)23(26)30)21(28)14-4-10-18-20(12-14)25(32)27(24(18)31)15-5-7-16(8-6-15)36(33,34)35/h3-12H,2H2,1H3,(H,33,34,35). The van der Waals surface area contributed by atoms with Gasteiger partial charge in [0.1, 0.15) is 0 Å². The Labute approximate surface area is 204 Å². The first-order valence-electron chi connectivity index (χ1n) is 10.7. The third-order valence-electron chi connectivity index (χ3n) is 6.09.